The molecule has 2 heterocycles. The minimum atomic E-state index is 0.0134. The first-order valence-corrected chi connectivity index (χ1v) is 6.78. The van der Waals surface area contributed by atoms with E-state index in [0.29, 0.717) is 17.2 Å². The van der Waals surface area contributed by atoms with E-state index < -0.39 is 0 Å². The number of piperidine rings is 1. The lowest BCUT2D eigenvalue weighted by molar-refractivity contribution is 0.0551. The first kappa shape index (κ1) is 13.8. The molecule has 0 aromatic carbocycles. The van der Waals surface area contributed by atoms with Crippen LogP contribution in [0.4, 0.5) is 5.69 Å². The molecule has 104 valence electrons. The molecule has 0 radical (unpaired) electrons. The maximum Gasteiger partial charge on any atom is 0.257 e. The summed E-state index contributed by atoms with van der Waals surface area (Å²) in [6.07, 6.45) is 3.85. The quantitative estimate of drug-likeness (QED) is 0.631. The number of carbonyl (C=O) groups excluding carboxylic acids is 1. The van der Waals surface area contributed by atoms with Crippen LogP contribution in [0, 0.1) is 12.8 Å². The minimum absolute atomic E-state index is 0.0134. The lowest BCUT2D eigenvalue weighted by Crippen LogP contribution is -2.46. The largest absolute Gasteiger partial charge is 0.336 e. The third-order valence-corrected chi connectivity index (χ3v) is 4.06. The zero-order valence-corrected chi connectivity index (χ0v) is 11.8. The second kappa shape index (κ2) is 5.57. The van der Waals surface area contributed by atoms with Gasteiger partial charge in [-0.2, -0.15) is 0 Å². The SMILES string of the molecule is Cc1cc(NN)c(C(=O)N2CCCC(C)C2C)cn1. The first-order chi connectivity index (χ1) is 9.04. The number of hydrazine groups is 1. The van der Waals surface area contributed by atoms with Gasteiger partial charge in [0.15, 0.2) is 0 Å². The van der Waals surface area contributed by atoms with Crippen molar-refractivity contribution in [1.82, 2.24) is 9.88 Å². The van der Waals surface area contributed by atoms with E-state index in [1.807, 2.05) is 11.8 Å². The molecule has 3 N–H and O–H groups in total. The molecule has 2 unspecified atom stereocenters. The number of hydrogen-bond acceptors (Lipinski definition) is 4. The normalized spacial score (nSPS) is 23.3. The van der Waals surface area contributed by atoms with Gasteiger partial charge in [0, 0.05) is 24.5 Å². The number of nitrogen functional groups attached to an aromatic ring is 1. The summed E-state index contributed by atoms with van der Waals surface area (Å²) in [6.45, 7) is 6.99. The molecule has 19 heavy (non-hydrogen) atoms. The van der Waals surface area contributed by atoms with Crippen molar-refractivity contribution in [3.05, 3.63) is 23.5 Å². The molecule has 1 fully saturated rings. The Morgan fingerprint density at radius 2 is 2.26 bits per heavy atom. The van der Waals surface area contributed by atoms with Crippen molar-refractivity contribution in [2.24, 2.45) is 11.8 Å². The number of nitrogens with two attached hydrogens (primary N) is 1. The van der Waals surface area contributed by atoms with Crippen molar-refractivity contribution in [2.45, 2.75) is 39.7 Å². The molecule has 2 atom stereocenters. The molecule has 0 spiro atoms. The minimum Gasteiger partial charge on any atom is -0.336 e. The fourth-order valence-corrected chi connectivity index (χ4v) is 2.63. The zero-order chi connectivity index (χ0) is 14.0. The van der Waals surface area contributed by atoms with Gasteiger partial charge in [-0.15, -0.1) is 0 Å². The number of likely N-dealkylation sites (tertiary alicyclic amines) is 1. The number of hydrogen-bond donors (Lipinski definition) is 2. The number of amides is 1. The summed E-state index contributed by atoms with van der Waals surface area (Å²) < 4.78 is 0. The van der Waals surface area contributed by atoms with Crippen LogP contribution in [0.25, 0.3) is 0 Å². The molecular formula is C14H22N4O. The van der Waals surface area contributed by atoms with Gasteiger partial charge < -0.3 is 10.3 Å². The van der Waals surface area contributed by atoms with Gasteiger partial charge in [-0.25, -0.2) is 0 Å². The summed E-state index contributed by atoms with van der Waals surface area (Å²) in [5.41, 5.74) is 4.62. The smallest absolute Gasteiger partial charge is 0.257 e. The zero-order valence-electron chi connectivity index (χ0n) is 11.8. The second-order valence-corrected chi connectivity index (χ2v) is 5.37. The van der Waals surface area contributed by atoms with Gasteiger partial charge in [0.2, 0.25) is 0 Å². The maximum absolute atomic E-state index is 12.6. The lowest BCUT2D eigenvalue weighted by atomic mass is 9.91. The summed E-state index contributed by atoms with van der Waals surface area (Å²) in [4.78, 5) is 18.8. The van der Waals surface area contributed by atoms with E-state index in [-0.39, 0.29) is 11.9 Å². The van der Waals surface area contributed by atoms with Gasteiger partial charge in [0.25, 0.3) is 5.91 Å². The van der Waals surface area contributed by atoms with E-state index in [9.17, 15) is 4.79 Å². The Hall–Kier alpha value is -1.62. The van der Waals surface area contributed by atoms with Crippen LogP contribution in [0.1, 0.15) is 42.7 Å². The van der Waals surface area contributed by atoms with Crippen LogP contribution in [0.3, 0.4) is 0 Å². The predicted molar refractivity (Wildman–Crippen MR) is 75.7 cm³/mol. The monoisotopic (exact) mass is 262 g/mol. The van der Waals surface area contributed by atoms with Crippen LogP contribution in [0.2, 0.25) is 0 Å². The van der Waals surface area contributed by atoms with Crippen molar-refractivity contribution in [3.63, 3.8) is 0 Å². The van der Waals surface area contributed by atoms with Crippen molar-refractivity contribution >= 4 is 11.6 Å². The Morgan fingerprint density at radius 3 is 2.95 bits per heavy atom. The van der Waals surface area contributed by atoms with Gasteiger partial charge >= 0.3 is 0 Å². The summed E-state index contributed by atoms with van der Waals surface area (Å²) in [5, 5.41) is 0. The molecule has 0 aliphatic carbocycles. The number of carbonyl (C=O) groups is 1. The van der Waals surface area contributed by atoms with Crippen LogP contribution in [0.15, 0.2) is 12.3 Å². The average Bonchev–Trinajstić information content (AvgIpc) is 2.41. The average molecular weight is 262 g/mol. The number of anilines is 1. The van der Waals surface area contributed by atoms with Gasteiger partial charge in [0.1, 0.15) is 0 Å². The van der Waals surface area contributed by atoms with Crippen LogP contribution in [-0.2, 0) is 0 Å². The summed E-state index contributed by atoms with van der Waals surface area (Å²) >= 11 is 0. The number of aryl methyl sites for hydroxylation is 1. The van der Waals surface area contributed by atoms with Gasteiger partial charge in [-0.1, -0.05) is 6.92 Å². The fourth-order valence-electron chi connectivity index (χ4n) is 2.63. The summed E-state index contributed by atoms with van der Waals surface area (Å²) in [7, 11) is 0. The van der Waals surface area contributed by atoms with Gasteiger partial charge in [-0.05, 0) is 38.7 Å². The van der Waals surface area contributed by atoms with E-state index in [4.69, 9.17) is 5.84 Å². The van der Waals surface area contributed by atoms with E-state index in [1.54, 1.807) is 12.3 Å². The predicted octanol–water partition coefficient (Wildman–Crippen LogP) is 1.94. The van der Waals surface area contributed by atoms with E-state index in [1.165, 1.54) is 6.42 Å². The van der Waals surface area contributed by atoms with Crippen LogP contribution < -0.4 is 11.3 Å². The molecular weight excluding hydrogens is 240 g/mol. The second-order valence-electron chi connectivity index (χ2n) is 5.37. The Bertz CT molecular complexity index is 475. The van der Waals surface area contributed by atoms with Gasteiger partial charge in [-0.3, -0.25) is 15.6 Å². The third kappa shape index (κ3) is 2.71. The lowest BCUT2D eigenvalue weighted by Gasteiger charge is -2.38. The fraction of sp³-hybridized carbons (Fsp3) is 0.571. The van der Waals surface area contributed by atoms with E-state index >= 15 is 0 Å². The van der Waals surface area contributed by atoms with Crippen molar-refractivity contribution in [3.8, 4) is 0 Å². The molecule has 1 saturated heterocycles. The number of aromatic nitrogens is 1. The first-order valence-electron chi connectivity index (χ1n) is 6.78. The molecule has 0 saturated carbocycles. The number of nitrogens with zero attached hydrogens (tertiary/aromatic N) is 2. The van der Waals surface area contributed by atoms with Crippen LogP contribution >= 0.6 is 0 Å². The number of rotatable bonds is 2. The highest BCUT2D eigenvalue weighted by atomic mass is 16.2. The highest BCUT2D eigenvalue weighted by Crippen LogP contribution is 2.26. The molecule has 0 bridgehead atoms. The topological polar surface area (TPSA) is 71.2 Å². The van der Waals surface area contributed by atoms with Crippen molar-refractivity contribution in [1.29, 1.82) is 0 Å². The molecule has 1 aliphatic rings. The molecule has 5 nitrogen and oxygen atoms in total. The molecule has 1 amide bonds. The van der Waals surface area contributed by atoms with Crippen molar-refractivity contribution < 1.29 is 4.79 Å². The standard InChI is InChI=1S/C14H22N4O/c1-9-5-4-6-18(11(9)3)14(19)12-8-16-10(2)7-13(12)17-15/h7-9,11H,4-6,15H2,1-3H3,(H,16,17). The molecule has 5 heteroatoms. The van der Waals surface area contributed by atoms with Crippen molar-refractivity contribution in [2.75, 3.05) is 12.0 Å². The highest BCUT2D eigenvalue weighted by molar-refractivity contribution is 5.99. The van der Waals surface area contributed by atoms with Crippen LogP contribution in [-0.4, -0.2) is 28.4 Å². The maximum atomic E-state index is 12.6. The van der Waals surface area contributed by atoms with Gasteiger partial charge in [0.05, 0.1) is 11.3 Å². The Labute approximate surface area is 114 Å². The Balaban J connectivity index is 2.28. The number of pyridine rings is 1. The van der Waals surface area contributed by atoms with Crippen LogP contribution in [0.5, 0.6) is 0 Å². The molecule has 1 aliphatic heterocycles. The van der Waals surface area contributed by atoms with E-state index in [0.717, 1.165) is 18.7 Å². The Kier molecular flexibility index (Phi) is 4.04. The summed E-state index contributed by atoms with van der Waals surface area (Å²) in [6, 6.07) is 2.05. The Morgan fingerprint density at radius 1 is 1.53 bits per heavy atom. The summed E-state index contributed by atoms with van der Waals surface area (Å²) in [5.74, 6) is 6.05. The molecule has 2 rings (SSSR count). The third-order valence-electron chi connectivity index (χ3n) is 4.06. The highest BCUT2D eigenvalue weighted by Gasteiger charge is 2.30. The molecule has 1 aromatic heterocycles. The van der Waals surface area contributed by atoms with E-state index in [2.05, 4.69) is 24.3 Å². The number of nitrogens with one attached hydrogen (secondary N) is 1. The molecule has 1 aromatic rings.